The molecule has 138 valence electrons. The van der Waals surface area contributed by atoms with Gasteiger partial charge in [0.05, 0.1) is 0 Å². The van der Waals surface area contributed by atoms with Crippen LogP contribution in [0.3, 0.4) is 0 Å². The van der Waals surface area contributed by atoms with Crippen molar-refractivity contribution in [1.82, 2.24) is 4.90 Å². The fourth-order valence-corrected chi connectivity index (χ4v) is 3.90. The molecule has 2 aromatic rings. The third-order valence-corrected chi connectivity index (χ3v) is 5.30. The summed E-state index contributed by atoms with van der Waals surface area (Å²) in [6.45, 7) is 2.88. The normalized spacial score (nSPS) is 17.1. The first-order valence-corrected chi connectivity index (χ1v) is 9.09. The Morgan fingerprint density at radius 3 is 2.38 bits per heavy atom. The van der Waals surface area contributed by atoms with Gasteiger partial charge in [0.2, 0.25) is 5.91 Å². The van der Waals surface area contributed by atoms with Crippen molar-refractivity contribution in [3.8, 4) is 11.5 Å². The summed E-state index contributed by atoms with van der Waals surface area (Å²) in [7, 11) is 0. The van der Waals surface area contributed by atoms with Gasteiger partial charge in [-0.25, -0.2) is 0 Å². The Hall–Kier alpha value is -2.53. The predicted molar refractivity (Wildman–Crippen MR) is 101 cm³/mol. The first-order valence-electron chi connectivity index (χ1n) is 9.09. The molecule has 0 bridgehead atoms. The highest BCUT2D eigenvalue weighted by atomic mass is 16.3. The number of amides is 1. The Bertz CT molecular complexity index is 740. The van der Waals surface area contributed by atoms with Gasteiger partial charge in [-0.1, -0.05) is 36.4 Å². The van der Waals surface area contributed by atoms with E-state index in [0.717, 1.165) is 38.0 Å². The van der Waals surface area contributed by atoms with Crippen molar-refractivity contribution >= 4 is 5.91 Å². The summed E-state index contributed by atoms with van der Waals surface area (Å²) >= 11 is 0. The predicted octanol–water partition coefficient (Wildman–Crippen LogP) is 2.97. The number of rotatable bonds is 6. The molecule has 1 aliphatic rings. The minimum atomic E-state index is -0.339. The van der Waals surface area contributed by atoms with Crippen LogP contribution in [0.1, 0.15) is 36.3 Å². The summed E-state index contributed by atoms with van der Waals surface area (Å²) in [5.74, 6) is -0.339. The van der Waals surface area contributed by atoms with Crippen LogP contribution in [0.4, 0.5) is 0 Å². The van der Waals surface area contributed by atoms with Crippen LogP contribution >= 0.6 is 0 Å². The first-order chi connectivity index (χ1) is 12.5. The van der Waals surface area contributed by atoms with Crippen molar-refractivity contribution in [2.45, 2.75) is 31.7 Å². The molecule has 2 aromatic carbocycles. The molecule has 1 atom stereocenters. The van der Waals surface area contributed by atoms with Crippen LogP contribution in [-0.2, 0) is 11.3 Å². The lowest BCUT2D eigenvalue weighted by Gasteiger charge is -2.36. The van der Waals surface area contributed by atoms with Crippen molar-refractivity contribution in [2.75, 3.05) is 13.1 Å². The number of nitrogens with zero attached hydrogens (tertiary/aromatic N) is 1. The van der Waals surface area contributed by atoms with Crippen molar-refractivity contribution in [2.24, 2.45) is 11.7 Å². The average molecular weight is 354 g/mol. The van der Waals surface area contributed by atoms with E-state index in [1.807, 2.05) is 6.07 Å². The molecule has 5 heteroatoms. The van der Waals surface area contributed by atoms with Gasteiger partial charge in [0, 0.05) is 13.0 Å². The fourth-order valence-electron chi connectivity index (χ4n) is 3.90. The number of carbonyl (C=O) groups is 1. The van der Waals surface area contributed by atoms with Crippen molar-refractivity contribution < 1.29 is 15.0 Å². The van der Waals surface area contributed by atoms with Crippen LogP contribution in [0.5, 0.6) is 11.5 Å². The number of carbonyl (C=O) groups excluding carboxylic acids is 1. The van der Waals surface area contributed by atoms with Crippen LogP contribution in [0.15, 0.2) is 48.5 Å². The average Bonchev–Trinajstić information content (AvgIpc) is 2.64. The second-order valence-electron chi connectivity index (χ2n) is 7.12. The number of aromatic hydroxyl groups is 2. The van der Waals surface area contributed by atoms with E-state index < -0.39 is 0 Å². The van der Waals surface area contributed by atoms with E-state index in [-0.39, 0.29) is 29.7 Å². The number of primary amides is 1. The van der Waals surface area contributed by atoms with Gasteiger partial charge in [-0.05, 0) is 61.0 Å². The van der Waals surface area contributed by atoms with Gasteiger partial charge in [-0.15, -0.1) is 0 Å². The molecule has 26 heavy (non-hydrogen) atoms. The highest BCUT2D eigenvalue weighted by Gasteiger charge is 2.29. The number of hydrogen-bond acceptors (Lipinski definition) is 4. The third kappa shape index (κ3) is 4.55. The van der Waals surface area contributed by atoms with Crippen LogP contribution in [0.25, 0.3) is 0 Å². The smallest absolute Gasteiger partial charge is 0.218 e. The molecule has 1 aliphatic heterocycles. The van der Waals surface area contributed by atoms with Crippen molar-refractivity contribution in [1.29, 1.82) is 0 Å². The molecule has 1 amide bonds. The number of phenols is 2. The Morgan fingerprint density at radius 2 is 1.77 bits per heavy atom. The summed E-state index contributed by atoms with van der Waals surface area (Å²) in [6, 6.07) is 15.2. The van der Waals surface area contributed by atoms with Crippen molar-refractivity contribution in [3.63, 3.8) is 0 Å². The molecular formula is C21H26N2O3. The van der Waals surface area contributed by atoms with Gasteiger partial charge in [0.15, 0.2) is 11.5 Å². The Kier molecular flexibility index (Phi) is 5.78. The summed E-state index contributed by atoms with van der Waals surface area (Å²) in [4.78, 5) is 14.0. The molecule has 0 spiro atoms. The summed E-state index contributed by atoms with van der Waals surface area (Å²) in [6.07, 6.45) is 2.21. The standard InChI is InChI=1S/C21H26N2O3/c22-21(26)13-18(17-6-7-19(24)20(25)12-17)16-8-10-23(11-9-16)14-15-4-2-1-3-5-15/h1-7,12,16,18,24-25H,8-11,13-14H2,(H2,22,26). The van der Waals surface area contributed by atoms with E-state index >= 15 is 0 Å². The maximum absolute atomic E-state index is 11.6. The first kappa shape index (κ1) is 18.3. The van der Waals surface area contributed by atoms with Crippen LogP contribution in [0.2, 0.25) is 0 Å². The number of phenolic OH excluding ortho intramolecular Hbond substituents is 2. The molecule has 1 fully saturated rings. The highest BCUT2D eigenvalue weighted by Crippen LogP contribution is 2.38. The topological polar surface area (TPSA) is 86.8 Å². The minimum absolute atomic E-state index is 0.0297. The van der Waals surface area contributed by atoms with E-state index in [1.54, 1.807) is 12.1 Å². The third-order valence-electron chi connectivity index (χ3n) is 5.30. The van der Waals surface area contributed by atoms with Crippen molar-refractivity contribution in [3.05, 3.63) is 59.7 Å². The Morgan fingerprint density at radius 1 is 1.08 bits per heavy atom. The number of nitrogens with two attached hydrogens (primary N) is 1. The van der Waals surface area contributed by atoms with Gasteiger partial charge < -0.3 is 15.9 Å². The fraction of sp³-hybridized carbons (Fsp3) is 0.381. The second-order valence-corrected chi connectivity index (χ2v) is 7.12. The molecule has 0 aliphatic carbocycles. The summed E-state index contributed by atoms with van der Waals surface area (Å²) in [5.41, 5.74) is 7.64. The lowest BCUT2D eigenvalue weighted by atomic mass is 9.78. The summed E-state index contributed by atoms with van der Waals surface area (Å²) in [5, 5.41) is 19.4. The maximum Gasteiger partial charge on any atom is 0.218 e. The molecule has 4 N–H and O–H groups in total. The molecule has 0 radical (unpaired) electrons. The zero-order valence-electron chi connectivity index (χ0n) is 14.8. The lowest BCUT2D eigenvalue weighted by Crippen LogP contribution is -2.36. The van der Waals surface area contributed by atoms with E-state index in [2.05, 4.69) is 29.2 Å². The molecule has 1 heterocycles. The number of hydrogen-bond donors (Lipinski definition) is 3. The van der Waals surface area contributed by atoms with E-state index in [9.17, 15) is 15.0 Å². The Balaban J connectivity index is 1.67. The van der Waals surface area contributed by atoms with E-state index in [0.29, 0.717) is 5.92 Å². The lowest BCUT2D eigenvalue weighted by molar-refractivity contribution is -0.118. The molecule has 5 nitrogen and oxygen atoms in total. The SMILES string of the molecule is NC(=O)CC(c1ccc(O)c(O)c1)C1CCN(Cc2ccccc2)CC1. The van der Waals surface area contributed by atoms with Crippen LogP contribution < -0.4 is 5.73 Å². The number of benzene rings is 2. The molecule has 3 rings (SSSR count). The highest BCUT2D eigenvalue weighted by molar-refractivity contribution is 5.75. The second kappa shape index (κ2) is 8.23. The van der Waals surface area contributed by atoms with E-state index in [1.165, 1.54) is 11.6 Å². The van der Waals surface area contributed by atoms with Crippen LogP contribution in [-0.4, -0.2) is 34.1 Å². The molecule has 0 aromatic heterocycles. The maximum atomic E-state index is 11.6. The van der Waals surface area contributed by atoms with Gasteiger partial charge in [0.1, 0.15) is 0 Å². The van der Waals surface area contributed by atoms with E-state index in [4.69, 9.17) is 5.73 Å². The number of piperidine rings is 1. The molecule has 0 saturated carbocycles. The zero-order valence-corrected chi connectivity index (χ0v) is 14.8. The monoisotopic (exact) mass is 354 g/mol. The summed E-state index contributed by atoms with van der Waals surface area (Å²) < 4.78 is 0. The quantitative estimate of drug-likeness (QED) is 0.696. The Labute approximate surface area is 154 Å². The van der Waals surface area contributed by atoms with Crippen LogP contribution in [0, 0.1) is 5.92 Å². The molecular weight excluding hydrogens is 328 g/mol. The zero-order chi connectivity index (χ0) is 18.5. The van der Waals surface area contributed by atoms with Gasteiger partial charge in [-0.2, -0.15) is 0 Å². The molecule has 1 saturated heterocycles. The van der Waals surface area contributed by atoms with Gasteiger partial charge in [-0.3, -0.25) is 9.69 Å². The van der Waals surface area contributed by atoms with Gasteiger partial charge in [0.25, 0.3) is 0 Å². The number of likely N-dealkylation sites (tertiary alicyclic amines) is 1. The molecule has 1 unspecified atom stereocenters. The van der Waals surface area contributed by atoms with Gasteiger partial charge >= 0.3 is 0 Å². The largest absolute Gasteiger partial charge is 0.504 e. The minimum Gasteiger partial charge on any atom is -0.504 e.